The molecule has 9 nitrogen and oxygen atoms in total. The van der Waals surface area contributed by atoms with Crippen LogP contribution in [0.2, 0.25) is 0 Å². The lowest BCUT2D eigenvalue weighted by atomic mass is 10.1. The number of piperazine rings is 1. The highest BCUT2D eigenvalue weighted by Gasteiger charge is 2.25. The van der Waals surface area contributed by atoms with Crippen LogP contribution in [0.3, 0.4) is 0 Å². The molecule has 2 aromatic carbocycles. The molecule has 1 aliphatic heterocycles. The number of ether oxygens (including phenoxy) is 1. The quantitative estimate of drug-likeness (QED) is 0.432. The number of rotatable bonds is 6. The van der Waals surface area contributed by atoms with E-state index in [4.69, 9.17) is 9.26 Å². The van der Waals surface area contributed by atoms with Crippen LogP contribution in [0.25, 0.3) is 11.5 Å². The van der Waals surface area contributed by atoms with Crippen LogP contribution in [0, 0.1) is 10.1 Å². The van der Waals surface area contributed by atoms with Crippen molar-refractivity contribution in [2.75, 3.05) is 43.1 Å². The number of nitro groups is 1. The molecule has 4 rings (SSSR count). The third-order valence-corrected chi connectivity index (χ3v) is 5.44. The summed E-state index contributed by atoms with van der Waals surface area (Å²) in [6, 6.07) is 13.0. The molecule has 0 saturated carbocycles. The monoisotopic (exact) mass is 423 g/mol. The van der Waals surface area contributed by atoms with Crippen LogP contribution < -0.4 is 14.5 Å². The molecule has 31 heavy (non-hydrogen) atoms. The van der Waals surface area contributed by atoms with Gasteiger partial charge in [-0.1, -0.05) is 19.0 Å². The van der Waals surface area contributed by atoms with Crippen LogP contribution in [-0.2, 0) is 0 Å². The summed E-state index contributed by atoms with van der Waals surface area (Å²) in [6.45, 7) is 6.84. The van der Waals surface area contributed by atoms with Crippen molar-refractivity contribution in [3.8, 4) is 17.2 Å². The molecule has 0 radical (unpaired) electrons. The molecule has 0 aliphatic carbocycles. The lowest BCUT2D eigenvalue weighted by Gasteiger charge is -2.37. The van der Waals surface area contributed by atoms with Gasteiger partial charge in [-0.2, -0.15) is 4.98 Å². The number of benzene rings is 2. The summed E-state index contributed by atoms with van der Waals surface area (Å²) < 4.78 is 10.5. The number of aromatic nitrogens is 2. The van der Waals surface area contributed by atoms with Crippen molar-refractivity contribution in [3.63, 3.8) is 0 Å². The number of nitro benzene ring substituents is 1. The third kappa shape index (κ3) is 4.30. The van der Waals surface area contributed by atoms with E-state index in [1.165, 1.54) is 6.07 Å². The van der Waals surface area contributed by atoms with Crippen LogP contribution in [0.1, 0.15) is 25.6 Å². The molecule has 0 unspecified atom stereocenters. The third-order valence-electron chi connectivity index (χ3n) is 5.44. The van der Waals surface area contributed by atoms with Gasteiger partial charge in [-0.05, 0) is 36.4 Å². The summed E-state index contributed by atoms with van der Waals surface area (Å²) >= 11 is 0. The Kier molecular flexibility index (Phi) is 5.75. The van der Waals surface area contributed by atoms with Crippen LogP contribution in [0.5, 0.6) is 5.75 Å². The van der Waals surface area contributed by atoms with Gasteiger partial charge in [-0.25, -0.2) is 0 Å². The highest BCUT2D eigenvalue weighted by Crippen LogP contribution is 2.34. The topological polar surface area (TPSA) is 97.8 Å². The van der Waals surface area contributed by atoms with E-state index in [9.17, 15) is 10.1 Å². The zero-order valence-corrected chi connectivity index (χ0v) is 17.8. The summed E-state index contributed by atoms with van der Waals surface area (Å²) in [7, 11) is 1.65. The molecule has 0 spiro atoms. The molecule has 1 aliphatic rings. The van der Waals surface area contributed by atoms with Crippen molar-refractivity contribution in [3.05, 3.63) is 58.4 Å². The molecule has 1 saturated heterocycles. The second-order valence-electron chi connectivity index (χ2n) is 7.75. The van der Waals surface area contributed by atoms with Crippen molar-refractivity contribution in [1.29, 1.82) is 0 Å². The molecule has 0 atom stereocenters. The second-order valence-corrected chi connectivity index (χ2v) is 7.75. The minimum Gasteiger partial charge on any atom is -0.497 e. The zero-order valence-electron chi connectivity index (χ0n) is 17.8. The van der Waals surface area contributed by atoms with Gasteiger partial charge in [0.15, 0.2) is 5.82 Å². The molecule has 3 aromatic rings. The predicted octanol–water partition coefficient (Wildman–Crippen LogP) is 4.10. The number of nitrogens with zero attached hydrogens (tertiary/aromatic N) is 5. The Hall–Kier alpha value is -3.62. The van der Waals surface area contributed by atoms with Crippen LogP contribution in [0.15, 0.2) is 47.0 Å². The highest BCUT2D eigenvalue weighted by atomic mass is 16.6. The SMILES string of the molecule is COc1ccc(N2CCN(c3ccc(-c4nc(C(C)C)no4)cc3[N+](=O)[O-])CC2)cc1. The fraction of sp³-hybridized carbons (Fsp3) is 0.364. The summed E-state index contributed by atoms with van der Waals surface area (Å²) in [5, 5.41) is 15.7. The molecule has 9 heteroatoms. The fourth-order valence-electron chi connectivity index (χ4n) is 3.66. The van der Waals surface area contributed by atoms with E-state index in [1.807, 2.05) is 38.1 Å². The van der Waals surface area contributed by atoms with Crippen LogP contribution in [0.4, 0.5) is 17.1 Å². The van der Waals surface area contributed by atoms with Crippen molar-refractivity contribution in [1.82, 2.24) is 10.1 Å². The largest absolute Gasteiger partial charge is 0.497 e. The minimum absolute atomic E-state index is 0.0414. The standard InChI is InChI=1S/C22H25N5O4/c1-15(2)21-23-22(31-24-21)16-4-9-19(20(14-16)27(28)29)26-12-10-25(11-13-26)17-5-7-18(30-3)8-6-17/h4-9,14-15H,10-13H2,1-3H3. The van der Waals surface area contributed by atoms with Gasteiger partial charge in [-0.3, -0.25) is 10.1 Å². The lowest BCUT2D eigenvalue weighted by Crippen LogP contribution is -2.46. The van der Waals surface area contributed by atoms with E-state index in [1.54, 1.807) is 19.2 Å². The van der Waals surface area contributed by atoms with Gasteiger partial charge in [0, 0.05) is 49.4 Å². The Balaban J connectivity index is 1.52. The Morgan fingerprint density at radius 2 is 1.74 bits per heavy atom. The number of anilines is 2. The van der Waals surface area contributed by atoms with E-state index < -0.39 is 0 Å². The molecular formula is C22H25N5O4. The number of hydrogen-bond acceptors (Lipinski definition) is 8. The first kappa shape index (κ1) is 20.6. The van der Waals surface area contributed by atoms with E-state index in [0.29, 0.717) is 36.1 Å². The average Bonchev–Trinajstić information content (AvgIpc) is 3.30. The molecule has 2 heterocycles. The summed E-state index contributed by atoms with van der Waals surface area (Å²) in [5.74, 6) is 1.81. The molecule has 0 bridgehead atoms. The molecule has 1 aromatic heterocycles. The maximum absolute atomic E-state index is 11.8. The van der Waals surface area contributed by atoms with Crippen molar-refractivity contribution in [2.24, 2.45) is 0 Å². The Bertz CT molecular complexity index is 1060. The lowest BCUT2D eigenvalue weighted by molar-refractivity contribution is -0.384. The summed E-state index contributed by atoms with van der Waals surface area (Å²) in [5.41, 5.74) is 2.31. The predicted molar refractivity (Wildman–Crippen MR) is 118 cm³/mol. The van der Waals surface area contributed by atoms with Crippen LogP contribution in [-0.4, -0.2) is 48.4 Å². The van der Waals surface area contributed by atoms with Crippen molar-refractivity contribution >= 4 is 17.1 Å². The van der Waals surface area contributed by atoms with E-state index in [0.717, 1.165) is 24.5 Å². The zero-order chi connectivity index (χ0) is 22.0. The first-order valence-electron chi connectivity index (χ1n) is 10.2. The Morgan fingerprint density at radius 1 is 1.06 bits per heavy atom. The molecule has 0 N–H and O–H groups in total. The molecular weight excluding hydrogens is 398 g/mol. The van der Waals surface area contributed by atoms with Gasteiger partial charge < -0.3 is 19.1 Å². The van der Waals surface area contributed by atoms with E-state index in [2.05, 4.69) is 19.9 Å². The maximum Gasteiger partial charge on any atom is 0.293 e. The average molecular weight is 423 g/mol. The summed E-state index contributed by atoms with van der Waals surface area (Å²) in [4.78, 5) is 20.1. The second kappa shape index (κ2) is 8.63. The molecule has 162 valence electrons. The van der Waals surface area contributed by atoms with Gasteiger partial charge >= 0.3 is 0 Å². The van der Waals surface area contributed by atoms with E-state index >= 15 is 0 Å². The van der Waals surface area contributed by atoms with Gasteiger partial charge in [0.25, 0.3) is 11.6 Å². The van der Waals surface area contributed by atoms with Crippen molar-refractivity contribution < 1.29 is 14.2 Å². The van der Waals surface area contributed by atoms with Gasteiger partial charge in [-0.15, -0.1) is 0 Å². The fourth-order valence-corrected chi connectivity index (χ4v) is 3.66. The Labute approximate surface area is 180 Å². The maximum atomic E-state index is 11.8. The Morgan fingerprint density at radius 3 is 2.32 bits per heavy atom. The number of hydrogen-bond donors (Lipinski definition) is 0. The van der Waals surface area contributed by atoms with Crippen molar-refractivity contribution in [2.45, 2.75) is 19.8 Å². The summed E-state index contributed by atoms with van der Waals surface area (Å²) in [6.07, 6.45) is 0. The minimum atomic E-state index is -0.353. The molecule has 0 amide bonds. The van der Waals surface area contributed by atoms with Crippen LogP contribution >= 0.6 is 0 Å². The first-order valence-corrected chi connectivity index (χ1v) is 10.2. The van der Waals surface area contributed by atoms with E-state index in [-0.39, 0.29) is 16.5 Å². The van der Waals surface area contributed by atoms with Gasteiger partial charge in [0.05, 0.1) is 12.0 Å². The highest BCUT2D eigenvalue weighted by molar-refractivity contribution is 5.71. The van der Waals surface area contributed by atoms with Gasteiger partial charge in [0.2, 0.25) is 0 Å². The normalized spacial score (nSPS) is 14.2. The molecule has 1 fully saturated rings. The smallest absolute Gasteiger partial charge is 0.293 e. The van der Waals surface area contributed by atoms with Gasteiger partial charge in [0.1, 0.15) is 11.4 Å². The number of methoxy groups -OCH3 is 1. The first-order chi connectivity index (χ1) is 15.0.